The molecule has 1 N–H and O–H groups in total. The van der Waals surface area contributed by atoms with Crippen LogP contribution in [0.2, 0.25) is 0 Å². The molecule has 0 aliphatic carbocycles. The van der Waals surface area contributed by atoms with Gasteiger partial charge in [0.15, 0.2) is 0 Å². The van der Waals surface area contributed by atoms with E-state index in [0.29, 0.717) is 6.04 Å². The molecule has 0 aliphatic heterocycles. The zero-order valence-electron chi connectivity index (χ0n) is 14.1. The molecule has 0 bridgehead atoms. The lowest BCUT2D eigenvalue weighted by Crippen LogP contribution is -2.29. The molecule has 4 heteroatoms. The molecule has 1 atom stereocenters. The Hall–Kier alpha value is -1.26. The van der Waals surface area contributed by atoms with Gasteiger partial charge in [-0.15, -0.1) is 0 Å². The summed E-state index contributed by atoms with van der Waals surface area (Å²) < 4.78 is 10.8. The summed E-state index contributed by atoms with van der Waals surface area (Å²) in [5.74, 6) is 1.69. The fourth-order valence-corrected chi connectivity index (χ4v) is 2.52. The number of hydrogen-bond donors (Lipinski definition) is 1. The van der Waals surface area contributed by atoms with E-state index in [2.05, 4.69) is 43.1 Å². The maximum absolute atomic E-state index is 5.38. The van der Waals surface area contributed by atoms with Gasteiger partial charge in [0.25, 0.3) is 0 Å². The molecule has 1 aromatic carbocycles. The zero-order chi connectivity index (χ0) is 15.7. The minimum absolute atomic E-state index is 0.319. The molecule has 1 aromatic rings. The van der Waals surface area contributed by atoms with Gasteiger partial charge in [0, 0.05) is 12.1 Å². The van der Waals surface area contributed by atoms with Crippen LogP contribution < -0.4 is 14.8 Å². The van der Waals surface area contributed by atoms with Crippen molar-refractivity contribution in [2.75, 3.05) is 40.4 Å². The maximum atomic E-state index is 5.38. The van der Waals surface area contributed by atoms with E-state index in [-0.39, 0.29) is 0 Å². The molecule has 0 aromatic heterocycles. The molecular weight excluding hydrogens is 264 g/mol. The van der Waals surface area contributed by atoms with Crippen LogP contribution in [0.3, 0.4) is 0 Å². The van der Waals surface area contributed by atoms with Gasteiger partial charge in [0.2, 0.25) is 0 Å². The number of nitrogens with one attached hydrogen (secondary N) is 1. The Morgan fingerprint density at radius 2 is 1.57 bits per heavy atom. The summed E-state index contributed by atoms with van der Waals surface area (Å²) in [4.78, 5) is 2.45. The second-order valence-electron chi connectivity index (χ2n) is 5.07. The van der Waals surface area contributed by atoms with Crippen molar-refractivity contribution in [3.63, 3.8) is 0 Å². The van der Waals surface area contributed by atoms with Crippen molar-refractivity contribution >= 4 is 0 Å². The third kappa shape index (κ3) is 5.56. The molecule has 120 valence electrons. The Labute approximate surface area is 129 Å². The van der Waals surface area contributed by atoms with Crippen LogP contribution in [-0.2, 0) is 0 Å². The number of hydrogen-bond acceptors (Lipinski definition) is 4. The van der Waals surface area contributed by atoms with Gasteiger partial charge in [-0.05, 0) is 50.3 Å². The number of benzene rings is 1. The van der Waals surface area contributed by atoms with Crippen LogP contribution in [0.5, 0.6) is 11.5 Å². The molecule has 21 heavy (non-hydrogen) atoms. The van der Waals surface area contributed by atoms with E-state index in [1.54, 1.807) is 14.2 Å². The summed E-state index contributed by atoms with van der Waals surface area (Å²) >= 11 is 0. The highest BCUT2D eigenvalue weighted by molar-refractivity contribution is 5.39. The van der Waals surface area contributed by atoms with Crippen molar-refractivity contribution in [1.29, 1.82) is 0 Å². The smallest absolute Gasteiger partial charge is 0.122 e. The van der Waals surface area contributed by atoms with Gasteiger partial charge in [-0.25, -0.2) is 0 Å². The molecule has 0 saturated carbocycles. The summed E-state index contributed by atoms with van der Waals surface area (Å²) in [6.45, 7) is 10.8. The van der Waals surface area contributed by atoms with Gasteiger partial charge in [0.1, 0.15) is 11.5 Å². The van der Waals surface area contributed by atoms with Crippen LogP contribution in [0.15, 0.2) is 18.2 Å². The van der Waals surface area contributed by atoms with Gasteiger partial charge >= 0.3 is 0 Å². The number of methoxy groups -OCH3 is 2. The molecule has 1 unspecified atom stereocenters. The summed E-state index contributed by atoms with van der Waals surface area (Å²) in [6.07, 6.45) is 1.08. The largest absolute Gasteiger partial charge is 0.497 e. The van der Waals surface area contributed by atoms with Crippen molar-refractivity contribution in [3.05, 3.63) is 23.8 Å². The first-order chi connectivity index (χ1) is 10.2. The van der Waals surface area contributed by atoms with E-state index in [1.165, 1.54) is 5.56 Å². The molecule has 0 heterocycles. The lowest BCUT2D eigenvalue weighted by molar-refractivity contribution is 0.282. The van der Waals surface area contributed by atoms with E-state index in [9.17, 15) is 0 Å². The minimum atomic E-state index is 0.319. The first-order valence-corrected chi connectivity index (χ1v) is 7.87. The predicted molar refractivity (Wildman–Crippen MR) is 88.4 cm³/mol. The van der Waals surface area contributed by atoms with Crippen LogP contribution in [0.25, 0.3) is 0 Å². The topological polar surface area (TPSA) is 33.7 Å². The Kier molecular flexibility index (Phi) is 8.16. The molecule has 0 amide bonds. The summed E-state index contributed by atoms with van der Waals surface area (Å²) in [5, 5.41) is 3.57. The van der Waals surface area contributed by atoms with E-state index in [4.69, 9.17) is 9.47 Å². The second kappa shape index (κ2) is 9.64. The van der Waals surface area contributed by atoms with Crippen molar-refractivity contribution < 1.29 is 9.47 Å². The highest BCUT2D eigenvalue weighted by atomic mass is 16.5. The minimum Gasteiger partial charge on any atom is -0.497 e. The van der Waals surface area contributed by atoms with E-state index in [1.807, 2.05) is 6.07 Å². The molecule has 0 fully saturated rings. The third-order valence-corrected chi connectivity index (χ3v) is 3.86. The maximum Gasteiger partial charge on any atom is 0.122 e. The lowest BCUT2D eigenvalue weighted by Gasteiger charge is -2.24. The second-order valence-corrected chi connectivity index (χ2v) is 5.07. The highest BCUT2D eigenvalue weighted by Gasteiger charge is 2.14. The molecule has 0 spiro atoms. The van der Waals surface area contributed by atoms with Crippen molar-refractivity contribution in [1.82, 2.24) is 10.2 Å². The highest BCUT2D eigenvalue weighted by Crippen LogP contribution is 2.28. The van der Waals surface area contributed by atoms with E-state index >= 15 is 0 Å². The first kappa shape index (κ1) is 17.8. The van der Waals surface area contributed by atoms with Gasteiger partial charge in [0.05, 0.1) is 14.2 Å². The monoisotopic (exact) mass is 294 g/mol. The van der Waals surface area contributed by atoms with Gasteiger partial charge in [-0.1, -0.05) is 20.8 Å². The SMILES string of the molecule is CCNC(CCN(CC)CC)c1cc(OC)cc(OC)c1. The normalized spacial score (nSPS) is 12.5. The Morgan fingerprint density at radius 3 is 2.00 bits per heavy atom. The van der Waals surface area contributed by atoms with Crippen LogP contribution >= 0.6 is 0 Å². The van der Waals surface area contributed by atoms with Crippen molar-refractivity contribution in [2.45, 2.75) is 33.2 Å². The quantitative estimate of drug-likeness (QED) is 0.719. The van der Waals surface area contributed by atoms with Gasteiger partial charge < -0.3 is 19.7 Å². The Bertz CT molecular complexity index is 384. The number of ether oxygens (including phenoxy) is 2. The van der Waals surface area contributed by atoms with Crippen molar-refractivity contribution in [3.8, 4) is 11.5 Å². The Balaban J connectivity index is 2.88. The fourth-order valence-electron chi connectivity index (χ4n) is 2.52. The molecule has 0 radical (unpaired) electrons. The van der Waals surface area contributed by atoms with Crippen LogP contribution in [0, 0.1) is 0 Å². The molecular formula is C17H30N2O2. The summed E-state index contributed by atoms with van der Waals surface area (Å²) in [5.41, 5.74) is 1.22. The van der Waals surface area contributed by atoms with E-state index < -0.39 is 0 Å². The zero-order valence-corrected chi connectivity index (χ0v) is 14.1. The van der Waals surface area contributed by atoms with Crippen molar-refractivity contribution in [2.24, 2.45) is 0 Å². The molecule has 0 saturated heterocycles. The molecule has 0 aliphatic rings. The fraction of sp³-hybridized carbons (Fsp3) is 0.647. The third-order valence-electron chi connectivity index (χ3n) is 3.86. The summed E-state index contributed by atoms with van der Waals surface area (Å²) in [6, 6.07) is 6.42. The first-order valence-electron chi connectivity index (χ1n) is 7.87. The Morgan fingerprint density at radius 1 is 1.00 bits per heavy atom. The standard InChI is InChI=1S/C17H30N2O2/c1-6-18-17(9-10-19(7-2)8-3)14-11-15(20-4)13-16(12-14)21-5/h11-13,17-18H,6-10H2,1-5H3. The average molecular weight is 294 g/mol. The lowest BCUT2D eigenvalue weighted by atomic mass is 10.0. The van der Waals surface area contributed by atoms with Gasteiger partial charge in [-0.2, -0.15) is 0 Å². The average Bonchev–Trinajstić information content (AvgIpc) is 2.54. The number of rotatable bonds is 10. The van der Waals surface area contributed by atoms with Crippen LogP contribution in [0.1, 0.15) is 38.8 Å². The number of nitrogens with zero attached hydrogens (tertiary/aromatic N) is 1. The van der Waals surface area contributed by atoms with Crippen LogP contribution in [0.4, 0.5) is 0 Å². The molecule has 1 rings (SSSR count). The van der Waals surface area contributed by atoms with Gasteiger partial charge in [-0.3, -0.25) is 0 Å². The molecule has 4 nitrogen and oxygen atoms in total. The predicted octanol–water partition coefficient (Wildman–Crippen LogP) is 3.09. The van der Waals surface area contributed by atoms with E-state index in [0.717, 1.165) is 44.1 Å². The summed E-state index contributed by atoms with van der Waals surface area (Å²) in [7, 11) is 3.38. The van der Waals surface area contributed by atoms with Crippen LogP contribution in [-0.4, -0.2) is 45.3 Å².